The summed E-state index contributed by atoms with van der Waals surface area (Å²) in [5, 5.41) is 4.55. The summed E-state index contributed by atoms with van der Waals surface area (Å²) in [7, 11) is 0. The van der Waals surface area contributed by atoms with Crippen molar-refractivity contribution in [3.8, 4) is 5.75 Å². The van der Waals surface area contributed by atoms with E-state index < -0.39 is 17.6 Å². The van der Waals surface area contributed by atoms with E-state index in [1.807, 2.05) is 66.7 Å². The van der Waals surface area contributed by atoms with E-state index in [9.17, 15) is 18.0 Å². The van der Waals surface area contributed by atoms with E-state index in [-0.39, 0.29) is 18.8 Å². The molecule has 0 aliphatic heterocycles. The maximum atomic E-state index is 13.0. The van der Waals surface area contributed by atoms with Crippen LogP contribution in [0.15, 0.2) is 91.0 Å². The van der Waals surface area contributed by atoms with Crippen molar-refractivity contribution in [2.45, 2.75) is 19.3 Å². The average Bonchev–Trinajstić information content (AvgIpc) is 3.19. The number of nitrogens with zero attached hydrogens (tertiary/aromatic N) is 2. The van der Waals surface area contributed by atoms with Crippen LogP contribution in [0.4, 0.5) is 18.9 Å². The number of hydrogen-bond acceptors (Lipinski definition) is 3. The fourth-order valence-electron chi connectivity index (χ4n) is 3.99. The number of carbonyl (C=O) groups is 1. The van der Waals surface area contributed by atoms with Gasteiger partial charge >= 0.3 is 6.18 Å². The van der Waals surface area contributed by atoms with Crippen molar-refractivity contribution in [3.05, 3.63) is 102 Å². The van der Waals surface area contributed by atoms with Crippen LogP contribution in [0.25, 0.3) is 21.8 Å². The SMILES string of the molecule is O=C(Cn1c(COc2cccc3ccccc23)nc2ccccc21)Nc1cccc(C(F)(F)F)c1. The number of halogens is 3. The van der Waals surface area contributed by atoms with E-state index in [4.69, 9.17) is 4.74 Å². The van der Waals surface area contributed by atoms with Gasteiger partial charge in [0.05, 0.1) is 16.6 Å². The number of anilines is 1. The summed E-state index contributed by atoms with van der Waals surface area (Å²) >= 11 is 0. The topological polar surface area (TPSA) is 56.2 Å². The van der Waals surface area contributed by atoms with Crippen LogP contribution in [0.5, 0.6) is 5.75 Å². The lowest BCUT2D eigenvalue weighted by molar-refractivity contribution is -0.137. The van der Waals surface area contributed by atoms with Crippen molar-refractivity contribution in [2.75, 3.05) is 5.32 Å². The fourth-order valence-corrected chi connectivity index (χ4v) is 3.99. The van der Waals surface area contributed by atoms with E-state index in [0.717, 1.165) is 28.4 Å². The Kier molecular flexibility index (Phi) is 5.86. The maximum absolute atomic E-state index is 13.0. The number of amides is 1. The molecule has 0 radical (unpaired) electrons. The van der Waals surface area contributed by atoms with Gasteiger partial charge in [0.1, 0.15) is 24.7 Å². The highest BCUT2D eigenvalue weighted by Gasteiger charge is 2.30. The van der Waals surface area contributed by atoms with Crippen LogP contribution >= 0.6 is 0 Å². The molecule has 5 nitrogen and oxygen atoms in total. The second-order valence-electron chi connectivity index (χ2n) is 8.00. The lowest BCUT2D eigenvalue weighted by Crippen LogP contribution is -2.21. The number of carbonyl (C=O) groups excluding carboxylic acids is 1. The molecule has 8 heteroatoms. The quantitative estimate of drug-likeness (QED) is 0.308. The number of alkyl halides is 3. The van der Waals surface area contributed by atoms with Crippen molar-refractivity contribution in [3.63, 3.8) is 0 Å². The summed E-state index contributed by atoms with van der Waals surface area (Å²) < 4.78 is 46.9. The van der Waals surface area contributed by atoms with Crippen LogP contribution < -0.4 is 10.1 Å². The molecule has 4 aromatic carbocycles. The summed E-state index contributed by atoms with van der Waals surface area (Å²) in [4.78, 5) is 17.4. The Balaban J connectivity index is 1.39. The number of nitrogens with one attached hydrogen (secondary N) is 1. The molecule has 5 rings (SSSR count). The molecule has 1 N–H and O–H groups in total. The van der Waals surface area contributed by atoms with E-state index in [2.05, 4.69) is 10.3 Å². The molecule has 0 aliphatic carbocycles. The molecule has 0 saturated carbocycles. The van der Waals surface area contributed by atoms with Gasteiger partial charge < -0.3 is 14.6 Å². The van der Waals surface area contributed by atoms with Gasteiger partial charge in [-0.25, -0.2) is 4.98 Å². The molecule has 0 aliphatic rings. The van der Waals surface area contributed by atoms with Gasteiger partial charge in [0.2, 0.25) is 5.91 Å². The summed E-state index contributed by atoms with van der Waals surface area (Å²) in [6.45, 7) is -0.0233. The Hall–Kier alpha value is -4.33. The second kappa shape index (κ2) is 9.13. The van der Waals surface area contributed by atoms with Gasteiger partial charge in [-0.15, -0.1) is 0 Å². The van der Waals surface area contributed by atoms with Crippen LogP contribution in [-0.4, -0.2) is 15.5 Å². The Morgan fingerprint density at radius 2 is 1.66 bits per heavy atom. The smallest absolute Gasteiger partial charge is 0.416 e. The third kappa shape index (κ3) is 4.82. The summed E-state index contributed by atoms with van der Waals surface area (Å²) in [5.74, 6) is 0.743. The Morgan fingerprint density at radius 3 is 2.51 bits per heavy atom. The average molecular weight is 475 g/mol. The second-order valence-corrected chi connectivity index (χ2v) is 8.00. The van der Waals surface area contributed by atoms with E-state index >= 15 is 0 Å². The van der Waals surface area contributed by atoms with Crippen LogP contribution in [0.3, 0.4) is 0 Å². The van der Waals surface area contributed by atoms with Crippen molar-refractivity contribution in [1.29, 1.82) is 0 Å². The predicted molar refractivity (Wildman–Crippen MR) is 128 cm³/mol. The monoisotopic (exact) mass is 475 g/mol. The van der Waals surface area contributed by atoms with Crippen LogP contribution in [0.2, 0.25) is 0 Å². The van der Waals surface area contributed by atoms with Gasteiger partial charge in [-0.1, -0.05) is 54.6 Å². The highest BCUT2D eigenvalue weighted by molar-refractivity contribution is 5.92. The summed E-state index contributed by atoms with van der Waals surface area (Å²) in [6.07, 6.45) is -4.49. The number of benzene rings is 4. The standard InChI is InChI=1S/C27H20F3N3O2/c28-27(29,30)19-9-6-10-20(15-19)31-26(34)16-33-23-13-4-3-12-22(23)32-25(33)17-35-24-14-5-8-18-7-1-2-11-21(18)24/h1-15H,16-17H2,(H,31,34). The van der Waals surface area contributed by atoms with Gasteiger partial charge in [0.25, 0.3) is 0 Å². The van der Waals surface area contributed by atoms with Crippen LogP contribution in [0.1, 0.15) is 11.4 Å². The molecule has 1 heterocycles. The fraction of sp³-hybridized carbons (Fsp3) is 0.111. The molecular formula is C27H20F3N3O2. The number of hydrogen-bond donors (Lipinski definition) is 1. The third-order valence-corrected chi connectivity index (χ3v) is 5.62. The molecule has 1 amide bonds. The van der Waals surface area contributed by atoms with Gasteiger partial charge in [-0.2, -0.15) is 13.2 Å². The highest BCUT2D eigenvalue weighted by Crippen LogP contribution is 2.31. The molecule has 35 heavy (non-hydrogen) atoms. The van der Waals surface area contributed by atoms with E-state index in [1.54, 1.807) is 4.57 Å². The van der Waals surface area contributed by atoms with Crippen LogP contribution in [-0.2, 0) is 24.1 Å². The first-order valence-corrected chi connectivity index (χ1v) is 10.9. The number of ether oxygens (including phenoxy) is 1. The third-order valence-electron chi connectivity index (χ3n) is 5.62. The lowest BCUT2D eigenvalue weighted by atomic mass is 10.1. The lowest BCUT2D eigenvalue weighted by Gasteiger charge is -2.13. The molecule has 5 aromatic rings. The molecule has 0 spiro atoms. The van der Waals surface area contributed by atoms with Gasteiger partial charge in [0, 0.05) is 11.1 Å². The zero-order valence-electron chi connectivity index (χ0n) is 18.4. The molecule has 0 bridgehead atoms. The number of rotatable bonds is 6. The van der Waals surface area contributed by atoms with Gasteiger partial charge in [-0.05, 0) is 41.8 Å². The van der Waals surface area contributed by atoms with Crippen molar-refractivity contribution in [2.24, 2.45) is 0 Å². The maximum Gasteiger partial charge on any atom is 0.416 e. The normalized spacial score (nSPS) is 11.6. The number of para-hydroxylation sites is 2. The number of aromatic nitrogens is 2. The zero-order chi connectivity index (χ0) is 24.4. The van der Waals surface area contributed by atoms with Gasteiger partial charge in [0.15, 0.2) is 0 Å². The minimum atomic E-state index is -4.49. The molecule has 0 saturated heterocycles. The van der Waals surface area contributed by atoms with E-state index in [1.165, 1.54) is 12.1 Å². The van der Waals surface area contributed by atoms with E-state index in [0.29, 0.717) is 17.1 Å². The first kappa shape index (κ1) is 22.5. The molecule has 0 fully saturated rings. The Labute approximate surface area is 198 Å². The summed E-state index contributed by atoms with van der Waals surface area (Å²) in [5.41, 5.74) is 0.662. The predicted octanol–water partition coefficient (Wildman–Crippen LogP) is 6.43. The van der Waals surface area contributed by atoms with Crippen molar-refractivity contribution >= 4 is 33.4 Å². The molecule has 0 atom stereocenters. The first-order valence-electron chi connectivity index (χ1n) is 10.9. The Bertz CT molecular complexity index is 1520. The summed E-state index contributed by atoms with van der Waals surface area (Å²) in [6, 6.07) is 25.5. The molecule has 0 unspecified atom stereocenters. The number of imidazole rings is 1. The zero-order valence-corrected chi connectivity index (χ0v) is 18.4. The van der Waals surface area contributed by atoms with Gasteiger partial charge in [-0.3, -0.25) is 4.79 Å². The molecule has 1 aromatic heterocycles. The van der Waals surface area contributed by atoms with Crippen LogP contribution in [0, 0.1) is 0 Å². The van der Waals surface area contributed by atoms with Crippen molar-refractivity contribution in [1.82, 2.24) is 9.55 Å². The minimum absolute atomic E-state index is 0.0720. The largest absolute Gasteiger partial charge is 0.485 e. The molecule has 176 valence electrons. The number of fused-ring (bicyclic) bond motifs is 2. The Morgan fingerprint density at radius 1 is 0.914 bits per heavy atom. The van der Waals surface area contributed by atoms with Crippen molar-refractivity contribution < 1.29 is 22.7 Å². The minimum Gasteiger partial charge on any atom is -0.485 e. The molecular weight excluding hydrogens is 455 g/mol. The highest BCUT2D eigenvalue weighted by atomic mass is 19.4. The first-order chi connectivity index (χ1) is 16.9.